The van der Waals surface area contributed by atoms with Crippen molar-refractivity contribution >= 4 is 17.3 Å². The van der Waals surface area contributed by atoms with Crippen LogP contribution in [0.3, 0.4) is 0 Å². The Morgan fingerprint density at radius 3 is 2.60 bits per heavy atom. The van der Waals surface area contributed by atoms with Gasteiger partial charge in [0.1, 0.15) is 5.75 Å². The molecule has 0 aliphatic rings. The van der Waals surface area contributed by atoms with Crippen molar-refractivity contribution in [1.82, 2.24) is 0 Å². The first kappa shape index (κ1) is 14.2. The summed E-state index contributed by atoms with van der Waals surface area (Å²) in [5.41, 5.74) is 2.60. The standard InChI is InChI=1S/C16H15ClN2O/c1-20-14-5-2-12(3-6-14)8-9-19-16-10-13(11-18)4-7-15(16)17/h2-7,10,19H,8-9H2,1H3. The molecule has 0 aromatic heterocycles. The first-order chi connectivity index (χ1) is 9.72. The zero-order valence-corrected chi connectivity index (χ0v) is 11.9. The third-order valence-electron chi connectivity index (χ3n) is 2.98. The second-order valence-corrected chi connectivity index (χ2v) is 4.74. The van der Waals surface area contributed by atoms with Crippen molar-refractivity contribution in [2.24, 2.45) is 0 Å². The maximum absolute atomic E-state index is 8.87. The minimum absolute atomic E-state index is 0.598. The molecule has 0 fully saturated rings. The number of hydrogen-bond donors (Lipinski definition) is 1. The number of halogens is 1. The summed E-state index contributed by atoms with van der Waals surface area (Å²) in [5.74, 6) is 0.853. The van der Waals surface area contributed by atoms with Crippen LogP contribution in [-0.4, -0.2) is 13.7 Å². The van der Waals surface area contributed by atoms with Gasteiger partial charge in [-0.1, -0.05) is 23.7 Å². The highest BCUT2D eigenvalue weighted by atomic mass is 35.5. The molecule has 0 spiro atoms. The molecule has 102 valence electrons. The highest BCUT2D eigenvalue weighted by molar-refractivity contribution is 6.33. The molecule has 0 saturated carbocycles. The fraction of sp³-hybridized carbons (Fsp3) is 0.188. The number of nitrogens with zero attached hydrogens (tertiary/aromatic N) is 1. The molecule has 0 saturated heterocycles. The highest BCUT2D eigenvalue weighted by Gasteiger charge is 2.02. The van der Waals surface area contributed by atoms with Crippen LogP contribution in [0.25, 0.3) is 0 Å². The van der Waals surface area contributed by atoms with Gasteiger partial charge in [0.25, 0.3) is 0 Å². The van der Waals surface area contributed by atoms with E-state index in [2.05, 4.69) is 11.4 Å². The maximum atomic E-state index is 8.87. The van der Waals surface area contributed by atoms with Gasteiger partial charge in [0, 0.05) is 6.54 Å². The van der Waals surface area contributed by atoms with E-state index >= 15 is 0 Å². The van der Waals surface area contributed by atoms with Crippen LogP contribution in [0.4, 0.5) is 5.69 Å². The fourth-order valence-corrected chi connectivity index (χ4v) is 2.05. The van der Waals surface area contributed by atoms with Crippen LogP contribution < -0.4 is 10.1 Å². The number of anilines is 1. The maximum Gasteiger partial charge on any atom is 0.118 e. The summed E-state index contributed by atoms with van der Waals surface area (Å²) in [4.78, 5) is 0. The topological polar surface area (TPSA) is 45.0 Å². The molecule has 4 heteroatoms. The normalized spacial score (nSPS) is 9.85. The molecular weight excluding hydrogens is 272 g/mol. The molecule has 0 radical (unpaired) electrons. The summed E-state index contributed by atoms with van der Waals surface area (Å²) in [6, 6.07) is 15.3. The van der Waals surface area contributed by atoms with Crippen molar-refractivity contribution < 1.29 is 4.74 Å². The molecule has 1 N–H and O–H groups in total. The van der Waals surface area contributed by atoms with Crippen LogP contribution in [0.15, 0.2) is 42.5 Å². The lowest BCUT2D eigenvalue weighted by molar-refractivity contribution is 0.414. The van der Waals surface area contributed by atoms with Crippen LogP contribution in [0.1, 0.15) is 11.1 Å². The number of nitrogens with one attached hydrogen (secondary N) is 1. The molecule has 0 aliphatic carbocycles. The van der Waals surface area contributed by atoms with Crippen LogP contribution in [0.5, 0.6) is 5.75 Å². The minimum Gasteiger partial charge on any atom is -0.497 e. The Balaban J connectivity index is 1.94. The van der Waals surface area contributed by atoms with Crippen LogP contribution in [-0.2, 0) is 6.42 Å². The second kappa shape index (κ2) is 6.83. The average molecular weight is 287 g/mol. The minimum atomic E-state index is 0.598. The Bertz CT molecular complexity index is 617. The number of rotatable bonds is 5. The number of ether oxygens (including phenoxy) is 1. The second-order valence-electron chi connectivity index (χ2n) is 4.33. The van der Waals surface area contributed by atoms with Crippen LogP contribution in [0.2, 0.25) is 5.02 Å². The molecule has 2 aromatic carbocycles. The molecule has 0 amide bonds. The van der Waals surface area contributed by atoms with Crippen molar-refractivity contribution in [2.45, 2.75) is 6.42 Å². The van der Waals surface area contributed by atoms with Crippen LogP contribution >= 0.6 is 11.6 Å². The van der Waals surface area contributed by atoms with Gasteiger partial charge in [0.2, 0.25) is 0 Å². The first-order valence-electron chi connectivity index (χ1n) is 6.29. The molecule has 0 unspecified atom stereocenters. The van der Waals surface area contributed by atoms with E-state index < -0.39 is 0 Å². The number of methoxy groups -OCH3 is 1. The monoisotopic (exact) mass is 286 g/mol. The number of hydrogen-bond acceptors (Lipinski definition) is 3. The van der Waals surface area contributed by atoms with E-state index in [1.165, 1.54) is 5.56 Å². The molecule has 2 rings (SSSR count). The van der Waals surface area contributed by atoms with Gasteiger partial charge in [-0.25, -0.2) is 0 Å². The van der Waals surface area contributed by atoms with Crippen molar-refractivity contribution in [2.75, 3.05) is 19.0 Å². The van der Waals surface area contributed by atoms with Gasteiger partial charge >= 0.3 is 0 Å². The van der Waals surface area contributed by atoms with Gasteiger partial charge in [-0.05, 0) is 42.3 Å². The molecule has 0 aliphatic heterocycles. The molecule has 0 atom stereocenters. The lowest BCUT2D eigenvalue weighted by atomic mass is 10.1. The summed E-state index contributed by atoms with van der Waals surface area (Å²) < 4.78 is 5.12. The SMILES string of the molecule is COc1ccc(CCNc2cc(C#N)ccc2Cl)cc1. The van der Waals surface area contributed by atoms with E-state index in [0.29, 0.717) is 10.6 Å². The number of nitriles is 1. The Kier molecular flexibility index (Phi) is 4.86. The highest BCUT2D eigenvalue weighted by Crippen LogP contribution is 2.22. The molecular formula is C16H15ClN2O. The summed E-state index contributed by atoms with van der Waals surface area (Å²) in [7, 11) is 1.65. The largest absolute Gasteiger partial charge is 0.497 e. The molecule has 0 heterocycles. The summed E-state index contributed by atoms with van der Waals surface area (Å²) in [5, 5.41) is 12.7. The predicted octanol–water partition coefficient (Wildman–Crippen LogP) is 3.87. The van der Waals surface area contributed by atoms with Crippen molar-refractivity contribution in [3.8, 4) is 11.8 Å². The third kappa shape index (κ3) is 3.66. The summed E-state index contributed by atoms with van der Waals surface area (Å²) >= 11 is 6.09. The Hall–Kier alpha value is -2.18. The van der Waals surface area contributed by atoms with Crippen molar-refractivity contribution in [1.29, 1.82) is 5.26 Å². The molecule has 2 aromatic rings. The van der Waals surface area contributed by atoms with Gasteiger partial charge in [-0.15, -0.1) is 0 Å². The molecule has 3 nitrogen and oxygen atoms in total. The fourth-order valence-electron chi connectivity index (χ4n) is 1.86. The van der Waals surface area contributed by atoms with E-state index in [0.717, 1.165) is 24.4 Å². The first-order valence-corrected chi connectivity index (χ1v) is 6.67. The Morgan fingerprint density at radius 1 is 1.20 bits per heavy atom. The van der Waals surface area contributed by atoms with Crippen molar-refractivity contribution in [3.63, 3.8) is 0 Å². The van der Waals surface area contributed by atoms with E-state index in [1.54, 1.807) is 25.3 Å². The van der Waals surface area contributed by atoms with Gasteiger partial charge in [-0.3, -0.25) is 0 Å². The molecule has 0 bridgehead atoms. The zero-order chi connectivity index (χ0) is 14.4. The van der Waals surface area contributed by atoms with Gasteiger partial charge < -0.3 is 10.1 Å². The Labute approximate surface area is 123 Å². The van der Waals surface area contributed by atoms with Crippen molar-refractivity contribution in [3.05, 3.63) is 58.6 Å². The van der Waals surface area contributed by atoms with E-state index in [1.807, 2.05) is 24.3 Å². The van der Waals surface area contributed by atoms with E-state index in [-0.39, 0.29) is 0 Å². The predicted molar refractivity (Wildman–Crippen MR) is 81.4 cm³/mol. The summed E-state index contributed by atoms with van der Waals surface area (Å²) in [6.45, 7) is 0.751. The van der Waals surface area contributed by atoms with Gasteiger partial charge in [-0.2, -0.15) is 5.26 Å². The van der Waals surface area contributed by atoms with Gasteiger partial charge in [0.15, 0.2) is 0 Å². The van der Waals surface area contributed by atoms with E-state index in [4.69, 9.17) is 21.6 Å². The molecule has 20 heavy (non-hydrogen) atoms. The van der Waals surface area contributed by atoms with E-state index in [9.17, 15) is 0 Å². The number of benzene rings is 2. The third-order valence-corrected chi connectivity index (χ3v) is 3.31. The van der Waals surface area contributed by atoms with Gasteiger partial charge in [0.05, 0.1) is 29.5 Å². The lowest BCUT2D eigenvalue weighted by Crippen LogP contribution is -2.05. The van der Waals surface area contributed by atoms with Crippen LogP contribution in [0, 0.1) is 11.3 Å². The smallest absolute Gasteiger partial charge is 0.118 e. The zero-order valence-electron chi connectivity index (χ0n) is 11.2. The Morgan fingerprint density at radius 2 is 1.95 bits per heavy atom. The lowest BCUT2D eigenvalue weighted by Gasteiger charge is -2.09. The average Bonchev–Trinajstić information content (AvgIpc) is 2.50. The summed E-state index contributed by atoms with van der Waals surface area (Å²) in [6.07, 6.45) is 0.872. The quantitative estimate of drug-likeness (QED) is 0.907.